The van der Waals surface area contributed by atoms with Crippen LogP contribution in [0, 0.1) is 6.92 Å². The highest BCUT2D eigenvalue weighted by molar-refractivity contribution is 6.31. The summed E-state index contributed by atoms with van der Waals surface area (Å²) < 4.78 is 5.34. The zero-order valence-corrected chi connectivity index (χ0v) is 14.6. The van der Waals surface area contributed by atoms with Gasteiger partial charge < -0.3 is 9.64 Å². The first-order valence-corrected chi connectivity index (χ1v) is 8.47. The van der Waals surface area contributed by atoms with E-state index in [1.165, 1.54) is 0 Å². The van der Waals surface area contributed by atoms with Crippen molar-refractivity contribution < 1.29 is 9.53 Å². The number of nitrogens with one attached hydrogen (secondary N) is 1. The van der Waals surface area contributed by atoms with Crippen molar-refractivity contribution in [1.29, 1.82) is 0 Å². The van der Waals surface area contributed by atoms with Crippen molar-refractivity contribution >= 4 is 17.5 Å². The molecule has 0 bridgehead atoms. The zero-order chi connectivity index (χ0) is 17.1. The van der Waals surface area contributed by atoms with E-state index in [9.17, 15) is 4.79 Å². The summed E-state index contributed by atoms with van der Waals surface area (Å²) in [6.07, 6.45) is 3.15. The molecule has 1 amide bonds. The van der Waals surface area contributed by atoms with Crippen LogP contribution < -0.4 is 4.74 Å². The van der Waals surface area contributed by atoms with Gasteiger partial charge in [0.25, 0.3) is 0 Å². The first-order chi connectivity index (χ1) is 11.6. The third-order valence-corrected chi connectivity index (χ3v) is 4.71. The van der Waals surface area contributed by atoms with Crippen molar-refractivity contribution in [2.75, 3.05) is 13.7 Å². The molecule has 1 aromatic heterocycles. The van der Waals surface area contributed by atoms with Crippen LogP contribution in [0.5, 0.6) is 5.75 Å². The number of benzene rings is 1. The molecule has 1 unspecified atom stereocenters. The topological polar surface area (TPSA) is 71.1 Å². The molecule has 24 heavy (non-hydrogen) atoms. The molecule has 128 valence electrons. The van der Waals surface area contributed by atoms with E-state index in [4.69, 9.17) is 16.3 Å². The lowest BCUT2D eigenvalue weighted by Crippen LogP contribution is -2.40. The Morgan fingerprint density at radius 2 is 2.29 bits per heavy atom. The maximum atomic E-state index is 12.9. The van der Waals surface area contributed by atoms with E-state index in [1.807, 2.05) is 24.0 Å². The van der Waals surface area contributed by atoms with Crippen LogP contribution in [0.4, 0.5) is 0 Å². The number of aromatic nitrogens is 3. The molecular weight excluding hydrogens is 328 g/mol. The standard InChI is InChI=1S/C17H21ClN4O2/c1-11-19-17(21-20-11)14-7-3-4-9-22(14)16(23)10-12-13(18)6-5-8-15(12)24-2/h5-6,8,14H,3-4,7,9-10H2,1-2H3,(H,19,20,21). The molecule has 2 heterocycles. The number of carbonyl (C=O) groups excluding carboxylic acids is 1. The molecule has 0 aliphatic carbocycles. The van der Waals surface area contributed by atoms with Crippen LogP contribution in [0.15, 0.2) is 18.2 Å². The molecule has 0 spiro atoms. The van der Waals surface area contributed by atoms with Crippen LogP contribution in [0.2, 0.25) is 5.02 Å². The number of halogens is 1. The number of H-pyrrole nitrogens is 1. The zero-order valence-electron chi connectivity index (χ0n) is 13.9. The normalized spacial score (nSPS) is 17.8. The molecule has 3 rings (SSSR count). The Morgan fingerprint density at radius 3 is 3.00 bits per heavy atom. The van der Waals surface area contributed by atoms with Gasteiger partial charge in [0.15, 0.2) is 5.82 Å². The van der Waals surface area contributed by atoms with E-state index in [0.29, 0.717) is 23.1 Å². The van der Waals surface area contributed by atoms with E-state index in [2.05, 4.69) is 15.2 Å². The van der Waals surface area contributed by atoms with Gasteiger partial charge in [-0.15, -0.1) is 0 Å². The molecular formula is C17H21ClN4O2. The highest BCUT2D eigenvalue weighted by Crippen LogP contribution is 2.32. The van der Waals surface area contributed by atoms with Crippen molar-refractivity contribution in [3.05, 3.63) is 40.4 Å². The molecule has 0 radical (unpaired) electrons. The summed E-state index contributed by atoms with van der Waals surface area (Å²) in [5.41, 5.74) is 0.724. The maximum Gasteiger partial charge on any atom is 0.227 e. The van der Waals surface area contributed by atoms with E-state index < -0.39 is 0 Å². The second-order valence-corrected chi connectivity index (χ2v) is 6.38. The van der Waals surface area contributed by atoms with Gasteiger partial charge in [-0.3, -0.25) is 9.89 Å². The summed E-state index contributed by atoms with van der Waals surface area (Å²) in [6.45, 7) is 2.57. The van der Waals surface area contributed by atoms with Gasteiger partial charge in [0, 0.05) is 17.1 Å². The molecule has 1 aliphatic rings. The molecule has 1 saturated heterocycles. The number of nitrogens with zero attached hydrogens (tertiary/aromatic N) is 3. The van der Waals surface area contributed by atoms with Crippen molar-refractivity contribution in [2.24, 2.45) is 0 Å². The summed E-state index contributed by atoms with van der Waals surface area (Å²) in [4.78, 5) is 19.2. The van der Waals surface area contributed by atoms with Crippen LogP contribution in [0.25, 0.3) is 0 Å². The fourth-order valence-electron chi connectivity index (χ4n) is 3.16. The third-order valence-electron chi connectivity index (χ3n) is 4.36. The largest absolute Gasteiger partial charge is 0.496 e. The van der Waals surface area contributed by atoms with Crippen molar-refractivity contribution in [1.82, 2.24) is 20.1 Å². The van der Waals surface area contributed by atoms with Crippen molar-refractivity contribution in [3.63, 3.8) is 0 Å². The minimum absolute atomic E-state index is 0.0218. The number of amides is 1. The quantitative estimate of drug-likeness (QED) is 0.921. The van der Waals surface area contributed by atoms with Crippen LogP contribution in [0.1, 0.15) is 42.5 Å². The summed E-state index contributed by atoms with van der Waals surface area (Å²) in [6, 6.07) is 5.33. The fraction of sp³-hybridized carbons (Fsp3) is 0.471. The Hall–Kier alpha value is -2.08. The molecule has 0 saturated carbocycles. The van der Waals surface area contributed by atoms with Crippen LogP contribution in [0.3, 0.4) is 0 Å². The average molecular weight is 349 g/mol. The lowest BCUT2D eigenvalue weighted by atomic mass is 10.00. The average Bonchev–Trinajstić information content (AvgIpc) is 3.03. The van der Waals surface area contributed by atoms with Gasteiger partial charge in [-0.25, -0.2) is 4.98 Å². The molecule has 7 heteroatoms. The van der Waals surface area contributed by atoms with E-state index in [-0.39, 0.29) is 18.4 Å². The number of piperidine rings is 1. The number of rotatable bonds is 4. The maximum absolute atomic E-state index is 12.9. The first-order valence-electron chi connectivity index (χ1n) is 8.10. The van der Waals surface area contributed by atoms with Gasteiger partial charge >= 0.3 is 0 Å². The van der Waals surface area contributed by atoms with Gasteiger partial charge in [0.05, 0.1) is 19.6 Å². The summed E-state index contributed by atoms with van der Waals surface area (Å²) in [7, 11) is 1.58. The Bertz CT molecular complexity index is 731. The second-order valence-electron chi connectivity index (χ2n) is 5.98. The Labute approximate surface area is 146 Å². The Balaban J connectivity index is 1.83. The van der Waals surface area contributed by atoms with Crippen molar-refractivity contribution in [2.45, 2.75) is 38.6 Å². The van der Waals surface area contributed by atoms with Crippen LogP contribution in [-0.2, 0) is 11.2 Å². The molecule has 2 aromatic rings. The van der Waals surface area contributed by atoms with Crippen molar-refractivity contribution in [3.8, 4) is 5.75 Å². The van der Waals surface area contributed by atoms with Gasteiger partial charge in [-0.1, -0.05) is 17.7 Å². The fourth-order valence-corrected chi connectivity index (χ4v) is 3.39. The molecule has 1 fully saturated rings. The first kappa shape index (κ1) is 16.8. The number of hydrogen-bond donors (Lipinski definition) is 1. The van der Waals surface area contributed by atoms with E-state index in [1.54, 1.807) is 13.2 Å². The lowest BCUT2D eigenvalue weighted by Gasteiger charge is -2.34. The van der Waals surface area contributed by atoms with Gasteiger partial charge in [0.1, 0.15) is 11.6 Å². The predicted molar refractivity (Wildman–Crippen MR) is 91.1 cm³/mol. The number of carbonyl (C=O) groups is 1. The Morgan fingerprint density at radius 1 is 1.46 bits per heavy atom. The SMILES string of the molecule is COc1cccc(Cl)c1CC(=O)N1CCCCC1c1n[nH]c(C)n1. The van der Waals surface area contributed by atoms with Gasteiger partial charge in [-0.2, -0.15) is 5.10 Å². The van der Waals surface area contributed by atoms with Crippen LogP contribution in [-0.4, -0.2) is 39.6 Å². The van der Waals surface area contributed by atoms with Gasteiger partial charge in [-0.05, 0) is 38.3 Å². The number of aryl methyl sites for hydroxylation is 1. The molecule has 1 aliphatic heterocycles. The molecule has 1 atom stereocenters. The minimum Gasteiger partial charge on any atom is -0.496 e. The number of ether oxygens (including phenoxy) is 1. The van der Waals surface area contributed by atoms with Gasteiger partial charge in [0.2, 0.25) is 5.91 Å². The summed E-state index contributed by atoms with van der Waals surface area (Å²) in [5, 5.41) is 7.66. The molecule has 1 N–H and O–H groups in total. The van der Waals surface area contributed by atoms with E-state index in [0.717, 1.165) is 30.7 Å². The summed E-state index contributed by atoms with van der Waals surface area (Å²) in [5.74, 6) is 2.11. The lowest BCUT2D eigenvalue weighted by molar-refractivity contribution is -0.134. The molecule has 1 aromatic carbocycles. The molecule has 6 nitrogen and oxygen atoms in total. The second kappa shape index (κ2) is 7.21. The monoisotopic (exact) mass is 348 g/mol. The highest BCUT2D eigenvalue weighted by atomic mass is 35.5. The number of aromatic amines is 1. The minimum atomic E-state index is -0.0790. The third kappa shape index (κ3) is 3.38. The highest BCUT2D eigenvalue weighted by Gasteiger charge is 2.31. The Kier molecular flexibility index (Phi) is 5.04. The smallest absolute Gasteiger partial charge is 0.227 e. The number of likely N-dealkylation sites (tertiary alicyclic amines) is 1. The van der Waals surface area contributed by atoms with Crippen LogP contribution >= 0.6 is 11.6 Å². The summed E-state index contributed by atoms with van der Waals surface area (Å²) >= 11 is 6.27. The number of hydrogen-bond acceptors (Lipinski definition) is 4. The number of methoxy groups -OCH3 is 1. The van der Waals surface area contributed by atoms with E-state index >= 15 is 0 Å². The predicted octanol–water partition coefficient (Wildman–Crippen LogP) is 3.07.